The van der Waals surface area contributed by atoms with Crippen molar-refractivity contribution >= 4 is 17.5 Å². The molecule has 7 heteroatoms. The standard InChI is InChI=1S/C22H22N2O5/c1-15-5-10-18(20(12-15)27-2)29-14-21(25)23-13-16-6-8-17(9-7-16)24-22(26)19-4-3-11-28-19/h3-12H,13-14H2,1-2H3,(H,23,25)(H,24,26). The van der Waals surface area contributed by atoms with Crippen LogP contribution in [0.4, 0.5) is 5.69 Å². The Hall–Kier alpha value is -3.74. The van der Waals surface area contributed by atoms with Gasteiger partial charge < -0.3 is 24.5 Å². The Morgan fingerprint density at radius 1 is 1.03 bits per heavy atom. The number of carbonyl (C=O) groups excluding carboxylic acids is 2. The van der Waals surface area contributed by atoms with Crippen LogP contribution in [-0.2, 0) is 11.3 Å². The molecule has 0 bridgehead atoms. The molecule has 0 saturated heterocycles. The van der Waals surface area contributed by atoms with Crippen LogP contribution in [0.1, 0.15) is 21.7 Å². The second-order valence-electron chi connectivity index (χ2n) is 6.35. The van der Waals surface area contributed by atoms with Gasteiger partial charge >= 0.3 is 0 Å². The monoisotopic (exact) mass is 394 g/mol. The summed E-state index contributed by atoms with van der Waals surface area (Å²) in [6.45, 7) is 2.18. The van der Waals surface area contributed by atoms with Crippen molar-refractivity contribution in [2.75, 3.05) is 19.0 Å². The van der Waals surface area contributed by atoms with Gasteiger partial charge in [0.1, 0.15) is 0 Å². The summed E-state index contributed by atoms with van der Waals surface area (Å²) in [5.74, 6) is 0.781. The SMILES string of the molecule is COc1cc(C)ccc1OCC(=O)NCc1ccc(NC(=O)c2ccco2)cc1. The minimum atomic E-state index is -0.320. The Morgan fingerprint density at radius 2 is 1.83 bits per heavy atom. The fraction of sp³-hybridized carbons (Fsp3) is 0.182. The van der Waals surface area contributed by atoms with Crippen molar-refractivity contribution in [1.82, 2.24) is 5.32 Å². The van der Waals surface area contributed by atoms with E-state index in [0.29, 0.717) is 23.7 Å². The van der Waals surface area contributed by atoms with E-state index in [1.54, 1.807) is 37.4 Å². The first-order valence-corrected chi connectivity index (χ1v) is 9.03. The van der Waals surface area contributed by atoms with Crippen molar-refractivity contribution in [2.45, 2.75) is 13.5 Å². The number of nitrogens with one attached hydrogen (secondary N) is 2. The van der Waals surface area contributed by atoms with E-state index in [-0.39, 0.29) is 24.2 Å². The Kier molecular flexibility index (Phi) is 6.52. The highest BCUT2D eigenvalue weighted by Gasteiger charge is 2.10. The smallest absolute Gasteiger partial charge is 0.291 e. The van der Waals surface area contributed by atoms with Crippen molar-refractivity contribution < 1.29 is 23.5 Å². The fourth-order valence-corrected chi connectivity index (χ4v) is 2.60. The molecule has 7 nitrogen and oxygen atoms in total. The van der Waals surface area contributed by atoms with Gasteiger partial charge in [0.15, 0.2) is 23.9 Å². The van der Waals surface area contributed by atoms with Crippen LogP contribution in [0.3, 0.4) is 0 Å². The van der Waals surface area contributed by atoms with Crippen molar-refractivity contribution in [3.8, 4) is 11.5 Å². The van der Waals surface area contributed by atoms with Gasteiger partial charge in [-0.1, -0.05) is 18.2 Å². The molecule has 29 heavy (non-hydrogen) atoms. The van der Waals surface area contributed by atoms with E-state index in [4.69, 9.17) is 13.9 Å². The van der Waals surface area contributed by atoms with E-state index in [0.717, 1.165) is 11.1 Å². The van der Waals surface area contributed by atoms with Crippen LogP contribution in [0.5, 0.6) is 11.5 Å². The molecule has 150 valence electrons. The Bertz CT molecular complexity index is 965. The van der Waals surface area contributed by atoms with Gasteiger partial charge in [-0.25, -0.2) is 0 Å². The van der Waals surface area contributed by atoms with E-state index in [1.807, 2.05) is 31.2 Å². The molecule has 0 atom stereocenters. The average Bonchev–Trinajstić information content (AvgIpc) is 3.27. The van der Waals surface area contributed by atoms with Crippen LogP contribution < -0.4 is 20.1 Å². The van der Waals surface area contributed by atoms with Crippen LogP contribution in [0.2, 0.25) is 0 Å². The van der Waals surface area contributed by atoms with Crippen molar-refractivity contribution in [1.29, 1.82) is 0 Å². The van der Waals surface area contributed by atoms with Gasteiger partial charge in [0.05, 0.1) is 13.4 Å². The van der Waals surface area contributed by atoms with Crippen molar-refractivity contribution in [2.24, 2.45) is 0 Å². The molecule has 2 amide bonds. The van der Waals surface area contributed by atoms with Crippen LogP contribution in [0.15, 0.2) is 65.3 Å². The molecule has 0 spiro atoms. The molecule has 3 aromatic rings. The molecule has 2 aromatic carbocycles. The average molecular weight is 394 g/mol. The molecule has 2 N–H and O–H groups in total. The predicted octanol–water partition coefficient (Wildman–Crippen LogP) is 3.54. The van der Waals surface area contributed by atoms with E-state index in [2.05, 4.69) is 10.6 Å². The highest BCUT2D eigenvalue weighted by atomic mass is 16.5. The molecule has 1 heterocycles. The second-order valence-corrected chi connectivity index (χ2v) is 6.35. The van der Waals surface area contributed by atoms with Gasteiger partial charge in [-0.2, -0.15) is 0 Å². The van der Waals surface area contributed by atoms with E-state index in [9.17, 15) is 9.59 Å². The number of amides is 2. The molecule has 0 radical (unpaired) electrons. The summed E-state index contributed by atoms with van der Waals surface area (Å²) in [5, 5.41) is 5.53. The van der Waals surface area contributed by atoms with Crippen LogP contribution in [0.25, 0.3) is 0 Å². The lowest BCUT2D eigenvalue weighted by Crippen LogP contribution is -2.28. The number of hydrogen-bond donors (Lipinski definition) is 2. The third-order valence-electron chi connectivity index (χ3n) is 4.12. The van der Waals surface area contributed by atoms with Crippen LogP contribution >= 0.6 is 0 Å². The molecule has 0 fully saturated rings. The number of methoxy groups -OCH3 is 1. The molecule has 0 unspecified atom stereocenters. The van der Waals surface area contributed by atoms with E-state index in [1.165, 1.54) is 6.26 Å². The summed E-state index contributed by atoms with van der Waals surface area (Å²) in [5.41, 5.74) is 2.57. The minimum absolute atomic E-state index is 0.114. The summed E-state index contributed by atoms with van der Waals surface area (Å²) in [4.78, 5) is 24.0. The zero-order valence-corrected chi connectivity index (χ0v) is 16.2. The quantitative estimate of drug-likeness (QED) is 0.610. The predicted molar refractivity (Wildman–Crippen MR) is 108 cm³/mol. The summed E-state index contributed by atoms with van der Waals surface area (Å²) < 4.78 is 15.8. The summed E-state index contributed by atoms with van der Waals surface area (Å²) in [7, 11) is 1.56. The Balaban J connectivity index is 1.46. The van der Waals surface area contributed by atoms with Gasteiger partial charge in [-0.15, -0.1) is 0 Å². The van der Waals surface area contributed by atoms with Crippen LogP contribution in [0, 0.1) is 6.92 Å². The molecule has 0 aliphatic carbocycles. The summed E-state index contributed by atoms with van der Waals surface area (Å²) in [6, 6.07) is 15.9. The van der Waals surface area contributed by atoms with Crippen molar-refractivity contribution in [3.63, 3.8) is 0 Å². The van der Waals surface area contributed by atoms with E-state index < -0.39 is 0 Å². The molecular weight excluding hydrogens is 372 g/mol. The molecule has 0 aliphatic heterocycles. The number of hydrogen-bond acceptors (Lipinski definition) is 5. The normalized spacial score (nSPS) is 10.3. The first-order valence-electron chi connectivity index (χ1n) is 9.03. The highest BCUT2D eigenvalue weighted by Crippen LogP contribution is 2.27. The van der Waals surface area contributed by atoms with Gasteiger partial charge in [0, 0.05) is 12.2 Å². The number of rotatable bonds is 8. The Morgan fingerprint density at radius 3 is 2.52 bits per heavy atom. The molecule has 1 aromatic heterocycles. The lowest BCUT2D eigenvalue weighted by atomic mass is 10.2. The maximum atomic E-state index is 12.1. The third kappa shape index (κ3) is 5.62. The molecule has 3 rings (SSSR count). The maximum Gasteiger partial charge on any atom is 0.291 e. The molecule has 0 saturated carbocycles. The zero-order valence-electron chi connectivity index (χ0n) is 16.2. The van der Waals surface area contributed by atoms with Gasteiger partial charge in [-0.05, 0) is 54.4 Å². The van der Waals surface area contributed by atoms with E-state index >= 15 is 0 Å². The number of benzene rings is 2. The first-order chi connectivity index (χ1) is 14.0. The summed E-state index contributed by atoms with van der Waals surface area (Å²) >= 11 is 0. The minimum Gasteiger partial charge on any atom is -0.493 e. The highest BCUT2D eigenvalue weighted by molar-refractivity contribution is 6.02. The third-order valence-corrected chi connectivity index (χ3v) is 4.12. The summed E-state index contributed by atoms with van der Waals surface area (Å²) in [6.07, 6.45) is 1.44. The number of furan rings is 1. The zero-order chi connectivity index (χ0) is 20.6. The Labute approximate surface area is 168 Å². The van der Waals surface area contributed by atoms with Crippen LogP contribution in [-0.4, -0.2) is 25.5 Å². The number of carbonyl (C=O) groups is 2. The van der Waals surface area contributed by atoms with Gasteiger partial charge in [0.2, 0.25) is 0 Å². The molecule has 0 aliphatic rings. The lowest BCUT2D eigenvalue weighted by molar-refractivity contribution is -0.123. The first kappa shape index (κ1) is 20.0. The largest absolute Gasteiger partial charge is 0.493 e. The number of ether oxygens (including phenoxy) is 2. The second kappa shape index (κ2) is 9.45. The number of aryl methyl sites for hydroxylation is 1. The fourth-order valence-electron chi connectivity index (χ4n) is 2.60. The lowest BCUT2D eigenvalue weighted by Gasteiger charge is -2.11. The topological polar surface area (TPSA) is 89.8 Å². The molecular formula is C22H22N2O5. The van der Waals surface area contributed by atoms with Crippen molar-refractivity contribution in [3.05, 3.63) is 77.7 Å². The van der Waals surface area contributed by atoms with Gasteiger partial charge in [-0.3, -0.25) is 9.59 Å². The maximum absolute atomic E-state index is 12.1. The van der Waals surface area contributed by atoms with Gasteiger partial charge in [0.25, 0.3) is 11.8 Å². The number of anilines is 1.